The molecule has 1 atom stereocenters. The molecule has 0 aromatic carbocycles. The summed E-state index contributed by atoms with van der Waals surface area (Å²) in [7, 11) is 0. The number of rotatable bonds is 2. The zero-order valence-electron chi connectivity index (χ0n) is 14.4. The smallest absolute Gasteiger partial charge is 0.290 e. The summed E-state index contributed by atoms with van der Waals surface area (Å²) in [5.41, 5.74) is 3.91. The average molecular weight is 357 g/mol. The zero-order chi connectivity index (χ0) is 17.6. The second-order valence-corrected chi connectivity index (χ2v) is 7.39. The highest BCUT2D eigenvalue weighted by molar-refractivity contribution is 6.48. The largest absolute Gasteiger partial charge is 0.337 e. The van der Waals surface area contributed by atoms with E-state index in [4.69, 9.17) is 11.6 Å². The zero-order valence-corrected chi connectivity index (χ0v) is 15.2. The lowest BCUT2D eigenvalue weighted by atomic mass is 9.89. The van der Waals surface area contributed by atoms with Crippen LogP contribution in [-0.2, 0) is 12.8 Å². The predicted molar refractivity (Wildman–Crippen MR) is 97.3 cm³/mol. The van der Waals surface area contributed by atoms with E-state index >= 15 is 0 Å². The summed E-state index contributed by atoms with van der Waals surface area (Å²) in [6, 6.07) is 4.04. The molecular formula is C19H21ClN4O. The van der Waals surface area contributed by atoms with Crippen molar-refractivity contribution in [2.45, 2.75) is 39.2 Å². The lowest BCUT2D eigenvalue weighted by Gasteiger charge is -2.38. The van der Waals surface area contributed by atoms with Gasteiger partial charge in [0.05, 0.1) is 11.1 Å². The van der Waals surface area contributed by atoms with E-state index in [1.165, 1.54) is 0 Å². The highest BCUT2D eigenvalue weighted by atomic mass is 35.5. The first kappa shape index (κ1) is 16.3. The van der Waals surface area contributed by atoms with Crippen molar-refractivity contribution in [2.75, 3.05) is 6.54 Å². The third-order valence-electron chi connectivity index (χ3n) is 4.99. The molecule has 1 unspecified atom stereocenters. The SMILES string of the molecule is CC(C)C1c2cccnc2CCN1C(=O)c1nc2c([nH]1)CCC=C2Cl. The number of imidazole rings is 1. The molecule has 1 amide bonds. The number of aromatic amines is 1. The number of halogens is 1. The van der Waals surface area contributed by atoms with Crippen LogP contribution < -0.4 is 0 Å². The average Bonchev–Trinajstić information content (AvgIpc) is 3.05. The Labute approximate surface area is 152 Å². The number of nitrogens with zero attached hydrogens (tertiary/aromatic N) is 3. The van der Waals surface area contributed by atoms with Gasteiger partial charge in [0.2, 0.25) is 0 Å². The van der Waals surface area contributed by atoms with Gasteiger partial charge in [-0.1, -0.05) is 37.6 Å². The van der Waals surface area contributed by atoms with Crippen LogP contribution in [-0.4, -0.2) is 32.3 Å². The van der Waals surface area contributed by atoms with E-state index in [9.17, 15) is 4.79 Å². The maximum atomic E-state index is 13.2. The number of amides is 1. The second kappa shape index (κ2) is 6.30. The Morgan fingerprint density at radius 3 is 3.00 bits per heavy atom. The van der Waals surface area contributed by atoms with Gasteiger partial charge in [-0.15, -0.1) is 0 Å². The van der Waals surface area contributed by atoms with E-state index < -0.39 is 0 Å². The van der Waals surface area contributed by atoms with Gasteiger partial charge in [0.1, 0.15) is 5.69 Å². The van der Waals surface area contributed by atoms with Gasteiger partial charge in [-0.25, -0.2) is 4.98 Å². The fourth-order valence-electron chi connectivity index (χ4n) is 3.87. The fourth-order valence-corrected chi connectivity index (χ4v) is 4.14. The van der Waals surface area contributed by atoms with Crippen molar-refractivity contribution in [3.63, 3.8) is 0 Å². The topological polar surface area (TPSA) is 61.9 Å². The number of carbonyl (C=O) groups excluding carboxylic acids is 1. The van der Waals surface area contributed by atoms with Crippen molar-refractivity contribution in [1.82, 2.24) is 19.9 Å². The maximum absolute atomic E-state index is 13.2. The number of nitrogens with one attached hydrogen (secondary N) is 1. The quantitative estimate of drug-likeness (QED) is 0.891. The van der Waals surface area contributed by atoms with Crippen LogP contribution in [0.5, 0.6) is 0 Å². The molecule has 1 N–H and O–H groups in total. The lowest BCUT2D eigenvalue weighted by Crippen LogP contribution is -2.43. The van der Waals surface area contributed by atoms with Gasteiger partial charge < -0.3 is 9.88 Å². The highest BCUT2D eigenvalue weighted by Gasteiger charge is 2.35. The van der Waals surface area contributed by atoms with Gasteiger partial charge in [-0.3, -0.25) is 9.78 Å². The van der Waals surface area contributed by atoms with Crippen LogP contribution in [0.25, 0.3) is 5.03 Å². The van der Waals surface area contributed by atoms with Crippen LogP contribution in [0, 0.1) is 5.92 Å². The van der Waals surface area contributed by atoms with Crippen molar-refractivity contribution < 1.29 is 4.79 Å². The summed E-state index contributed by atoms with van der Waals surface area (Å²) in [4.78, 5) is 27.3. The first-order chi connectivity index (χ1) is 12.1. The Hall–Kier alpha value is -2.14. The summed E-state index contributed by atoms with van der Waals surface area (Å²) in [5.74, 6) is 0.615. The second-order valence-electron chi connectivity index (χ2n) is 6.98. The van der Waals surface area contributed by atoms with E-state index in [-0.39, 0.29) is 11.9 Å². The number of hydrogen-bond acceptors (Lipinski definition) is 3. The molecule has 0 fully saturated rings. The summed E-state index contributed by atoms with van der Waals surface area (Å²) in [5, 5.41) is 0.630. The minimum absolute atomic E-state index is 0.0121. The lowest BCUT2D eigenvalue weighted by molar-refractivity contribution is 0.0589. The van der Waals surface area contributed by atoms with Gasteiger partial charge >= 0.3 is 0 Å². The number of aromatic nitrogens is 3. The number of carbonyl (C=O) groups is 1. The van der Waals surface area contributed by atoms with E-state index in [1.807, 2.05) is 23.2 Å². The van der Waals surface area contributed by atoms with Crippen LogP contribution >= 0.6 is 11.6 Å². The van der Waals surface area contributed by atoms with Gasteiger partial charge in [-0.05, 0) is 30.4 Å². The fraction of sp³-hybridized carbons (Fsp3) is 0.421. The Morgan fingerprint density at radius 1 is 1.40 bits per heavy atom. The van der Waals surface area contributed by atoms with Crippen molar-refractivity contribution >= 4 is 22.5 Å². The molecule has 2 aliphatic rings. The Bertz CT molecular complexity index is 855. The van der Waals surface area contributed by atoms with Gasteiger partial charge in [0.25, 0.3) is 5.91 Å². The molecule has 2 aromatic rings. The number of pyridine rings is 1. The molecular weight excluding hydrogens is 336 g/mol. The molecule has 130 valence electrons. The van der Waals surface area contributed by atoms with Gasteiger partial charge in [0.15, 0.2) is 5.82 Å². The highest BCUT2D eigenvalue weighted by Crippen LogP contribution is 2.35. The van der Waals surface area contributed by atoms with E-state index in [2.05, 4.69) is 34.9 Å². The molecule has 0 saturated carbocycles. The van der Waals surface area contributed by atoms with Crippen LogP contribution in [0.2, 0.25) is 0 Å². The Morgan fingerprint density at radius 2 is 2.24 bits per heavy atom. The van der Waals surface area contributed by atoms with Crippen LogP contribution in [0.3, 0.4) is 0 Å². The standard InChI is InChI=1S/C19H21ClN4O/c1-11(2)17-12-5-4-9-21-14(12)8-10-24(17)19(25)18-22-15-7-3-6-13(20)16(15)23-18/h4-6,9,11,17H,3,7-8,10H2,1-2H3,(H,22,23). The molecule has 0 spiro atoms. The summed E-state index contributed by atoms with van der Waals surface area (Å²) in [6.45, 7) is 4.93. The number of aryl methyl sites for hydroxylation is 1. The molecule has 6 heteroatoms. The van der Waals surface area contributed by atoms with Crippen molar-refractivity contribution in [1.29, 1.82) is 0 Å². The van der Waals surface area contributed by atoms with E-state index in [0.717, 1.165) is 41.9 Å². The first-order valence-electron chi connectivity index (χ1n) is 8.76. The van der Waals surface area contributed by atoms with E-state index in [1.54, 1.807) is 0 Å². The van der Waals surface area contributed by atoms with Crippen LogP contribution in [0.4, 0.5) is 0 Å². The molecule has 1 aliphatic carbocycles. The monoisotopic (exact) mass is 356 g/mol. The predicted octanol–water partition coefficient (Wildman–Crippen LogP) is 3.73. The van der Waals surface area contributed by atoms with Crippen molar-refractivity contribution in [2.24, 2.45) is 5.92 Å². The number of hydrogen-bond donors (Lipinski definition) is 1. The normalized spacial score (nSPS) is 19.4. The van der Waals surface area contributed by atoms with Crippen molar-refractivity contribution in [3.8, 4) is 0 Å². The third kappa shape index (κ3) is 2.76. The summed E-state index contributed by atoms with van der Waals surface area (Å²) >= 11 is 6.24. The molecule has 5 nitrogen and oxygen atoms in total. The van der Waals surface area contributed by atoms with Gasteiger partial charge in [-0.2, -0.15) is 0 Å². The Kier molecular flexibility index (Phi) is 4.12. The number of allylic oxidation sites excluding steroid dienone is 1. The molecule has 0 saturated heterocycles. The van der Waals surface area contributed by atoms with Crippen molar-refractivity contribution in [3.05, 3.63) is 52.9 Å². The molecule has 0 radical (unpaired) electrons. The van der Waals surface area contributed by atoms with Crippen LogP contribution in [0.15, 0.2) is 24.4 Å². The Balaban J connectivity index is 1.69. The number of H-pyrrole nitrogens is 1. The minimum Gasteiger partial charge on any atom is -0.337 e. The van der Waals surface area contributed by atoms with Crippen LogP contribution in [0.1, 0.15) is 59.6 Å². The minimum atomic E-state index is -0.0629. The molecule has 0 bridgehead atoms. The maximum Gasteiger partial charge on any atom is 0.290 e. The third-order valence-corrected chi connectivity index (χ3v) is 5.32. The number of fused-ring (bicyclic) bond motifs is 2. The molecule has 1 aliphatic heterocycles. The first-order valence-corrected chi connectivity index (χ1v) is 9.13. The van der Waals surface area contributed by atoms with E-state index in [0.29, 0.717) is 23.3 Å². The summed E-state index contributed by atoms with van der Waals surface area (Å²) in [6.07, 6.45) is 6.26. The molecule has 3 heterocycles. The van der Waals surface area contributed by atoms with Gasteiger partial charge in [0, 0.05) is 30.6 Å². The molecule has 2 aromatic heterocycles. The summed E-state index contributed by atoms with van der Waals surface area (Å²) < 4.78 is 0. The molecule has 4 rings (SSSR count). The molecule has 25 heavy (non-hydrogen) atoms.